The molecule has 5 rings (SSSR count). The molecule has 5 heterocycles. The molecule has 0 spiro atoms. The van der Waals surface area contributed by atoms with Gasteiger partial charge >= 0.3 is 6.09 Å². The molecule has 0 aromatic carbocycles. The lowest BCUT2D eigenvalue weighted by atomic mass is 10.1. The summed E-state index contributed by atoms with van der Waals surface area (Å²) in [5.74, 6) is 0.885. The quantitative estimate of drug-likeness (QED) is 0.400. The minimum atomic E-state index is -0.515. The standard InChI is InChI=1S/C27H29FN6O3/c1-27(2,3)37-26(35)33-11-9-32(10-12-33)23-7-5-19(15-29-23)22-16-31-25-21(28)13-20(17-34(22)25)18-6-8-24(36-4)30-14-18/h5-8,13-17H,9-12H2,1-4H3. The highest BCUT2D eigenvalue weighted by atomic mass is 19.1. The van der Waals surface area contributed by atoms with Crippen molar-refractivity contribution in [2.24, 2.45) is 0 Å². The summed E-state index contributed by atoms with van der Waals surface area (Å²) >= 11 is 0. The Morgan fingerprint density at radius 1 is 0.919 bits per heavy atom. The van der Waals surface area contributed by atoms with E-state index in [4.69, 9.17) is 9.47 Å². The number of pyridine rings is 3. The third-order valence-corrected chi connectivity index (χ3v) is 6.14. The summed E-state index contributed by atoms with van der Waals surface area (Å²) in [7, 11) is 1.55. The fourth-order valence-corrected chi connectivity index (χ4v) is 4.26. The molecule has 37 heavy (non-hydrogen) atoms. The Morgan fingerprint density at radius 2 is 1.65 bits per heavy atom. The van der Waals surface area contributed by atoms with Crippen molar-refractivity contribution in [3.8, 4) is 28.3 Å². The van der Waals surface area contributed by atoms with Gasteiger partial charge < -0.3 is 19.3 Å². The number of methoxy groups -OCH3 is 1. The van der Waals surface area contributed by atoms with Gasteiger partial charge in [0.25, 0.3) is 0 Å². The molecule has 0 saturated carbocycles. The maximum absolute atomic E-state index is 14.9. The summed E-state index contributed by atoms with van der Waals surface area (Å²) in [6.07, 6.45) is 6.60. The number of ether oxygens (including phenoxy) is 2. The van der Waals surface area contributed by atoms with Crippen LogP contribution in [0, 0.1) is 5.82 Å². The third kappa shape index (κ3) is 5.18. The van der Waals surface area contributed by atoms with Crippen molar-refractivity contribution in [3.05, 3.63) is 60.9 Å². The van der Waals surface area contributed by atoms with Crippen LogP contribution in [0.15, 0.2) is 55.1 Å². The Bertz CT molecular complexity index is 1410. The molecule has 0 atom stereocenters. The molecular formula is C27H29FN6O3. The van der Waals surface area contributed by atoms with Crippen molar-refractivity contribution in [2.75, 3.05) is 38.2 Å². The van der Waals surface area contributed by atoms with E-state index in [1.165, 1.54) is 6.07 Å². The Hall–Kier alpha value is -4.21. The van der Waals surface area contributed by atoms with Crippen LogP contribution < -0.4 is 9.64 Å². The first-order valence-electron chi connectivity index (χ1n) is 12.1. The molecule has 1 aliphatic rings. The molecule has 10 heteroatoms. The largest absolute Gasteiger partial charge is 0.481 e. The number of anilines is 1. The van der Waals surface area contributed by atoms with E-state index in [1.807, 2.05) is 45.2 Å². The number of carbonyl (C=O) groups excluding carboxylic acids is 1. The summed E-state index contributed by atoms with van der Waals surface area (Å²) in [5, 5.41) is 0. The van der Waals surface area contributed by atoms with E-state index in [0.29, 0.717) is 37.6 Å². The van der Waals surface area contributed by atoms with Gasteiger partial charge in [-0.1, -0.05) is 0 Å². The van der Waals surface area contributed by atoms with Crippen LogP contribution in [-0.2, 0) is 4.74 Å². The second-order valence-electron chi connectivity index (χ2n) is 9.86. The van der Waals surface area contributed by atoms with Crippen LogP contribution in [0.5, 0.6) is 5.88 Å². The lowest BCUT2D eigenvalue weighted by Crippen LogP contribution is -2.50. The molecule has 1 aliphatic heterocycles. The van der Waals surface area contributed by atoms with E-state index in [-0.39, 0.29) is 11.7 Å². The topological polar surface area (TPSA) is 85.1 Å². The van der Waals surface area contributed by atoms with Gasteiger partial charge in [-0.25, -0.2) is 24.1 Å². The molecular weight excluding hydrogens is 475 g/mol. The fraction of sp³-hybridized carbons (Fsp3) is 0.333. The molecule has 1 amide bonds. The van der Waals surface area contributed by atoms with Crippen LogP contribution in [0.1, 0.15) is 20.8 Å². The smallest absolute Gasteiger partial charge is 0.410 e. The summed E-state index contributed by atoms with van der Waals surface area (Å²) in [4.78, 5) is 29.3. The van der Waals surface area contributed by atoms with Crippen molar-refractivity contribution in [2.45, 2.75) is 26.4 Å². The van der Waals surface area contributed by atoms with Gasteiger partial charge in [0.1, 0.15) is 11.4 Å². The van der Waals surface area contributed by atoms with Gasteiger partial charge in [-0.2, -0.15) is 0 Å². The average molecular weight is 505 g/mol. The van der Waals surface area contributed by atoms with E-state index < -0.39 is 11.4 Å². The second kappa shape index (κ2) is 9.68. The van der Waals surface area contributed by atoms with Crippen LogP contribution in [0.3, 0.4) is 0 Å². The third-order valence-electron chi connectivity index (χ3n) is 6.14. The van der Waals surface area contributed by atoms with Crippen LogP contribution in [-0.4, -0.2) is 69.2 Å². The monoisotopic (exact) mass is 504 g/mol. The van der Waals surface area contributed by atoms with Crippen molar-refractivity contribution in [1.29, 1.82) is 0 Å². The number of imidazole rings is 1. The van der Waals surface area contributed by atoms with Crippen molar-refractivity contribution in [3.63, 3.8) is 0 Å². The number of hydrogen-bond donors (Lipinski definition) is 0. The highest BCUT2D eigenvalue weighted by molar-refractivity contribution is 5.70. The summed E-state index contributed by atoms with van der Waals surface area (Å²) in [6, 6.07) is 8.91. The maximum Gasteiger partial charge on any atom is 0.410 e. The molecule has 0 bridgehead atoms. The maximum atomic E-state index is 14.9. The second-order valence-corrected chi connectivity index (χ2v) is 9.86. The van der Waals surface area contributed by atoms with Crippen LogP contribution in [0.2, 0.25) is 0 Å². The number of hydrogen-bond acceptors (Lipinski definition) is 7. The number of piperazine rings is 1. The van der Waals surface area contributed by atoms with Gasteiger partial charge in [-0.15, -0.1) is 0 Å². The Labute approximate surface area is 214 Å². The number of rotatable bonds is 4. The van der Waals surface area contributed by atoms with Crippen molar-refractivity contribution in [1.82, 2.24) is 24.3 Å². The van der Waals surface area contributed by atoms with Gasteiger partial charge in [0.05, 0.1) is 19.0 Å². The first kappa shape index (κ1) is 24.5. The number of nitrogens with zero attached hydrogens (tertiary/aromatic N) is 6. The summed E-state index contributed by atoms with van der Waals surface area (Å²) in [6.45, 7) is 8.03. The van der Waals surface area contributed by atoms with Gasteiger partial charge in [0.2, 0.25) is 5.88 Å². The molecule has 0 aliphatic carbocycles. The van der Waals surface area contributed by atoms with E-state index in [9.17, 15) is 9.18 Å². The lowest BCUT2D eigenvalue weighted by molar-refractivity contribution is 0.0240. The van der Waals surface area contributed by atoms with E-state index >= 15 is 0 Å². The Balaban J connectivity index is 1.34. The van der Waals surface area contributed by atoms with Crippen LogP contribution >= 0.6 is 0 Å². The highest BCUT2D eigenvalue weighted by Gasteiger charge is 2.26. The van der Waals surface area contributed by atoms with Gasteiger partial charge in [-0.3, -0.25) is 4.40 Å². The molecule has 1 saturated heterocycles. The fourth-order valence-electron chi connectivity index (χ4n) is 4.26. The number of fused-ring (bicyclic) bond motifs is 1. The minimum absolute atomic E-state index is 0.238. The molecule has 0 radical (unpaired) electrons. The molecule has 9 nitrogen and oxygen atoms in total. The summed E-state index contributed by atoms with van der Waals surface area (Å²) in [5.41, 5.74) is 2.70. The predicted molar refractivity (Wildman–Crippen MR) is 138 cm³/mol. The SMILES string of the molecule is COc1ccc(-c2cc(F)c3ncc(-c4ccc(N5CCN(C(=O)OC(C)(C)C)CC5)nc4)n3c2)cn1. The molecule has 192 valence electrons. The average Bonchev–Trinajstić information content (AvgIpc) is 3.33. The Kier molecular flexibility index (Phi) is 6.41. The van der Waals surface area contributed by atoms with Gasteiger partial charge in [0, 0.05) is 67.5 Å². The zero-order valence-corrected chi connectivity index (χ0v) is 21.3. The van der Waals surface area contributed by atoms with Crippen molar-refractivity contribution < 1.29 is 18.7 Å². The molecule has 1 fully saturated rings. The zero-order chi connectivity index (χ0) is 26.2. The van der Waals surface area contributed by atoms with Crippen LogP contribution in [0.4, 0.5) is 15.0 Å². The molecule has 0 unspecified atom stereocenters. The number of halogens is 1. The first-order valence-corrected chi connectivity index (χ1v) is 12.1. The zero-order valence-electron chi connectivity index (χ0n) is 21.3. The molecule has 4 aromatic heterocycles. The van der Waals surface area contributed by atoms with E-state index in [0.717, 1.165) is 22.6 Å². The van der Waals surface area contributed by atoms with Gasteiger partial charge in [-0.05, 0) is 45.0 Å². The van der Waals surface area contributed by atoms with Crippen molar-refractivity contribution >= 4 is 17.6 Å². The lowest BCUT2D eigenvalue weighted by Gasteiger charge is -2.36. The first-order chi connectivity index (χ1) is 17.7. The van der Waals surface area contributed by atoms with Gasteiger partial charge in [0.15, 0.2) is 11.5 Å². The van der Waals surface area contributed by atoms with E-state index in [2.05, 4.69) is 19.9 Å². The number of aromatic nitrogens is 4. The molecule has 4 aromatic rings. The highest BCUT2D eigenvalue weighted by Crippen LogP contribution is 2.28. The van der Waals surface area contributed by atoms with Crippen LogP contribution in [0.25, 0.3) is 28.0 Å². The Morgan fingerprint density at radius 3 is 2.27 bits per heavy atom. The normalized spacial score (nSPS) is 14.2. The number of amides is 1. The molecule has 0 N–H and O–H groups in total. The predicted octanol–water partition coefficient (Wildman–Crippen LogP) is 4.66. The number of carbonyl (C=O) groups is 1. The van der Waals surface area contributed by atoms with E-state index in [1.54, 1.807) is 41.1 Å². The minimum Gasteiger partial charge on any atom is -0.481 e. The summed E-state index contributed by atoms with van der Waals surface area (Å²) < 4.78 is 27.2.